The van der Waals surface area contributed by atoms with Crippen LogP contribution in [0.3, 0.4) is 0 Å². The van der Waals surface area contributed by atoms with Crippen molar-refractivity contribution in [3.05, 3.63) is 66.5 Å². The highest BCUT2D eigenvalue weighted by Gasteiger charge is 2.39. The number of fused-ring (bicyclic) bond motifs is 1. The molecule has 3 N–H and O–H groups in total. The van der Waals surface area contributed by atoms with Gasteiger partial charge in [-0.1, -0.05) is 24.3 Å². The van der Waals surface area contributed by atoms with Crippen molar-refractivity contribution in [2.45, 2.75) is 37.8 Å². The zero-order valence-corrected chi connectivity index (χ0v) is 22.5. The SMILES string of the molecule is CO[C@@H](CNc1cccc2c(Oc3ncccc3-c3ccnc(NC4CNCC(F)C4)n3)c(C)ccc12)C(F)(F)F. The van der Waals surface area contributed by atoms with Crippen molar-refractivity contribution in [3.8, 4) is 22.9 Å². The number of nitrogens with one attached hydrogen (secondary N) is 3. The first kappa shape index (κ1) is 28.5. The second-order valence-electron chi connectivity index (χ2n) is 9.82. The Balaban J connectivity index is 1.43. The van der Waals surface area contributed by atoms with Crippen LogP contribution in [0, 0.1) is 6.92 Å². The third kappa shape index (κ3) is 6.66. The van der Waals surface area contributed by atoms with Crippen LogP contribution in [0.15, 0.2) is 60.9 Å². The summed E-state index contributed by atoms with van der Waals surface area (Å²) < 4.78 is 64.5. The van der Waals surface area contributed by atoms with E-state index in [1.54, 1.807) is 36.7 Å². The van der Waals surface area contributed by atoms with Crippen LogP contribution >= 0.6 is 0 Å². The number of alkyl halides is 4. The highest BCUT2D eigenvalue weighted by atomic mass is 19.4. The van der Waals surface area contributed by atoms with Crippen molar-refractivity contribution in [2.75, 3.05) is 37.4 Å². The second-order valence-corrected chi connectivity index (χ2v) is 9.82. The minimum Gasteiger partial charge on any atom is -0.437 e. The summed E-state index contributed by atoms with van der Waals surface area (Å²) in [7, 11) is 1.03. The lowest BCUT2D eigenvalue weighted by Gasteiger charge is -2.26. The van der Waals surface area contributed by atoms with Gasteiger partial charge in [0.15, 0.2) is 6.10 Å². The standard InChI is InChI=1S/C29H30F4N6O2/c1-17-8-9-20-21(5-3-7-23(20)37-16-25(40-2)29(31,32)33)26(17)41-27-22(6-4-11-35-27)24-10-12-36-28(39-24)38-19-13-18(30)14-34-15-19/h3-12,18-19,25,34,37H,13-16H2,1-2H3,(H,36,38,39)/t18?,19?,25-/m0/s1. The molecule has 0 bridgehead atoms. The molecule has 5 rings (SSSR count). The number of benzene rings is 2. The van der Waals surface area contributed by atoms with Crippen molar-refractivity contribution in [1.29, 1.82) is 0 Å². The molecule has 4 aromatic rings. The molecule has 0 amide bonds. The van der Waals surface area contributed by atoms with Gasteiger partial charge >= 0.3 is 6.18 Å². The first-order chi connectivity index (χ1) is 19.7. The van der Waals surface area contributed by atoms with Gasteiger partial charge in [0.25, 0.3) is 0 Å². The van der Waals surface area contributed by atoms with Crippen LogP contribution in [0.5, 0.6) is 11.6 Å². The van der Waals surface area contributed by atoms with Gasteiger partial charge < -0.3 is 25.4 Å². The number of piperidine rings is 1. The number of halogens is 4. The molecule has 3 heterocycles. The molecule has 8 nitrogen and oxygen atoms in total. The van der Waals surface area contributed by atoms with E-state index in [2.05, 4.69) is 35.6 Å². The molecule has 1 aliphatic heterocycles. The van der Waals surface area contributed by atoms with E-state index >= 15 is 0 Å². The average Bonchev–Trinajstić information content (AvgIpc) is 2.94. The molecule has 1 fully saturated rings. The number of ether oxygens (including phenoxy) is 2. The Hall–Kier alpha value is -4.03. The van der Waals surface area contributed by atoms with Gasteiger partial charge in [0.05, 0.1) is 17.8 Å². The number of nitrogens with zero attached hydrogens (tertiary/aromatic N) is 3. The van der Waals surface area contributed by atoms with Crippen LogP contribution in [-0.4, -0.2) is 66.2 Å². The van der Waals surface area contributed by atoms with Crippen LogP contribution in [0.25, 0.3) is 22.0 Å². The molecule has 0 radical (unpaired) electrons. The van der Waals surface area contributed by atoms with E-state index in [1.807, 2.05) is 31.2 Å². The Morgan fingerprint density at radius 1 is 1.02 bits per heavy atom. The van der Waals surface area contributed by atoms with Crippen molar-refractivity contribution in [2.24, 2.45) is 0 Å². The van der Waals surface area contributed by atoms with Crippen LogP contribution in [-0.2, 0) is 4.74 Å². The third-order valence-electron chi connectivity index (χ3n) is 6.87. The molecular weight excluding hydrogens is 540 g/mol. The fourth-order valence-electron chi connectivity index (χ4n) is 4.79. The van der Waals surface area contributed by atoms with Gasteiger partial charge in [-0.15, -0.1) is 0 Å². The molecular formula is C29H30F4N6O2. The number of pyridine rings is 1. The Bertz CT molecular complexity index is 1500. The summed E-state index contributed by atoms with van der Waals surface area (Å²) in [6.45, 7) is 2.38. The number of anilines is 2. The monoisotopic (exact) mass is 570 g/mol. The molecule has 0 aliphatic carbocycles. The van der Waals surface area contributed by atoms with Crippen molar-refractivity contribution in [1.82, 2.24) is 20.3 Å². The summed E-state index contributed by atoms with van der Waals surface area (Å²) in [5, 5.41) is 10.5. The fraction of sp³-hybridized carbons (Fsp3) is 0.345. The molecule has 216 valence electrons. The predicted molar refractivity (Wildman–Crippen MR) is 149 cm³/mol. The number of rotatable bonds is 9. The normalized spacial score (nSPS) is 18.2. The second kappa shape index (κ2) is 12.2. The quantitative estimate of drug-likeness (QED) is 0.215. The van der Waals surface area contributed by atoms with Gasteiger partial charge in [-0.2, -0.15) is 13.2 Å². The number of aryl methyl sites for hydroxylation is 1. The lowest BCUT2D eigenvalue weighted by molar-refractivity contribution is -0.207. The van der Waals surface area contributed by atoms with Gasteiger partial charge in [-0.25, -0.2) is 19.3 Å². The molecule has 0 spiro atoms. The van der Waals surface area contributed by atoms with Crippen LogP contribution in [0.4, 0.5) is 29.2 Å². The molecule has 12 heteroatoms. The maximum absolute atomic E-state index is 13.8. The molecule has 0 saturated carbocycles. The summed E-state index contributed by atoms with van der Waals surface area (Å²) in [6.07, 6.45) is -3.81. The van der Waals surface area contributed by atoms with E-state index in [1.165, 1.54) is 0 Å². The first-order valence-corrected chi connectivity index (χ1v) is 13.2. The van der Waals surface area contributed by atoms with E-state index in [9.17, 15) is 17.6 Å². The summed E-state index contributed by atoms with van der Waals surface area (Å²) in [4.78, 5) is 13.4. The molecule has 41 heavy (non-hydrogen) atoms. The van der Waals surface area contributed by atoms with Crippen LogP contribution in [0.2, 0.25) is 0 Å². The number of methoxy groups -OCH3 is 1. The zero-order valence-electron chi connectivity index (χ0n) is 22.5. The molecule has 2 aromatic carbocycles. The van der Waals surface area contributed by atoms with Gasteiger partial charge in [0.1, 0.15) is 11.9 Å². The summed E-state index contributed by atoms with van der Waals surface area (Å²) in [5.41, 5.74) is 2.50. The van der Waals surface area contributed by atoms with Gasteiger partial charge in [0, 0.05) is 61.5 Å². The Labute approximate surface area is 234 Å². The Morgan fingerprint density at radius 2 is 1.88 bits per heavy atom. The lowest BCUT2D eigenvalue weighted by Crippen LogP contribution is -2.44. The lowest BCUT2D eigenvalue weighted by atomic mass is 10.0. The van der Waals surface area contributed by atoms with Crippen LogP contribution < -0.4 is 20.7 Å². The van der Waals surface area contributed by atoms with E-state index in [0.29, 0.717) is 64.8 Å². The Kier molecular flexibility index (Phi) is 8.50. The average molecular weight is 571 g/mol. The van der Waals surface area contributed by atoms with Crippen molar-refractivity contribution in [3.63, 3.8) is 0 Å². The molecule has 1 saturated heterocycles. The van der Waals surface area contributed by atoms with Crippen molar-refractivity contribution < 1.29 is 27.0 Å². The number of aromatic nitrogens is 3. The number of hydrogen-bond donors (Lipinski definition) is 3. The van der Waals surface area contributed by atoms with Gasteiger partial charge in [0.2, 0.25) is 11.8 Å². The third-order valence-corrected chi connectivity index (χ3v) is 6.87. The highest BCUT2D eigenvalue weighted by Crippen LogP contribution is 2.38. The smallest absolute Gasteiger partial charge is 0.416 e. The molecule has 1 aliphatic rings. The summed E-state index contributed by atoms with van der Waals surface area (Å²) >= 11 is 0. The minimum absolute atomic E-state index is 0.143. The largest absolute Gasteiger partial charge is 0.437 e. The van der Waals surface area contributed by atoms with E-state index in [4.69, 9.17) is 4.74 Å². The molecule has 3 atom stereocenters. The Morgan fingerprint density at radius 3 is 2.66 bits per heavy atom. The molecule has 2 unspecified atom stereocenters. The zero-order chi connectivity index (χ0) is 29.0. The molecule has 2 aromatic heterocycles. The van der Waals surface area contributed by atoms with Crippen molar-refractivity contribution >= 4 is 22.4 Å². The summed E-state index contributed by atoms with van der Waals surface area (Å²) in [5.74, 6) is 1.18. The van der Waals surface area contributed by atoms with Gasteiger partial charge in [-0.05, 0) is 36.8 Å². The van der Waals surface area contributed by atoms with Crippen LogP contribution in [0.1, 0.15) is 12.0 Å². The van der Waals surface area contributed by atoms with Gasteiger partial charge in [-0.3, -0.25) is 0 Å². The minimum atomic E-state index is -4.49. The first-order valence-electron chi connectivity index (χ1n) is 13.2. The maximum atomic E-state index is 13.8. The number of hydrogen-bond acceptors (Lipinski definition) is 8. The summed E-state index contributed by atoms with van der Waals surface area (Å²) in [6, 6.07) is 14.1. The topological polar surface area (TPSA) is 93.2 Å². The fourth-order valence-corrected chi connectivity index (χ4v) is 4.79. The van der Waals surface area contributed by atoms with E-state index < -0.39 is 25.0 Å². The predicted octanol–water partition coefficient (Wildman–Crippen LogP) is 5.89. The highest BCUT2D eigenvalue weighted by molar-refractivity contribution is 5.98. The van der Waals surface area contributed by atoms with E-state index in [-0.39, 0.29) is 6.04 Å². The maximum Gasteiger partial charge on any atom is 0.416 e. The van der Waals surface area contributed by atoms with E-state index in [0.717, 1.165) is 12.7 Å².